The topological polar surface area (TPSA) is 86.5 Å². The third-order valence-electron chi connectivity index (χ3n) is 11.8. The van der Waals surface area contributed by atoms with Gasteiger partial charge in [-0.1, -0.05) is 101 Å². The molecule has 7 nitrogen and oxygen atoms in total. The molecule has 4 fully saturated rings. The van der Waals surface area contributed by atoms with Gasteiger partial charge in [-0.15, -0.1) is 0 Å². The second-order valence-corrected chi connectivity index (χ2v) is 21.5. The first-order valence-corrected chi connectivity index (χ1v) is 19.7. The summed E-state index contributed by atoms with van der Waals surface area (Å²) in [6, 6.07) is 25.3. The lowest BCUT2D eigenvalue weighted by Crippen LogP contribution is -2.67. The van der Waals surface area contributed by atoms with Gasteiger partial charge in [0.2, 0.25) is 0 Å². The Morgan fingerprint density at radius 1 is 0.837 bits per heavy atom. The normalized spacial score (nSPS) is 27.8. The standard InChI is InChI=1S/C41H51N3O4Si/c1-30-34(33-18-13-19-42-35(33)36(45)46)22-43-44(30)29-40-24-38(5)23-39(6,25-40)27-41(26-38,28-40)47-20-21-48-49(37(2,3)4,31-14-9-7-10-15-31)32-16-11-8-12-17-32/h7-19,22H,20-21,23-29H2,1-6H3,(H,45,46). The second kappa shape index (κ2) is 12.0. The summed E-state index contributed by atoms with van der Waals surface area (Å²) in [4.78, 5) is 16.1. The van der Waals surface area contributed by atoms with Crippen molar-refractivity contribution in [2.24, 2.45) is 16.2 Å². The molecule has 4 saturated carbocycles. The first-order chi connectivity index (χ1) is 23.2. The Kier molecular flexibility index (Phi) is 8.32. The van der Waals surface area contributed by atoms with Crippen molar-refractivity contribution in [2.45, 2.75) is 97.3 Å². The fourth-order valence-electron chi connectivity index (χ4n) is 11.3. The third kappa shape index (κ3) is 6.00. The number of aromatic carboxylic acids is 1. The van der Waals surface area contributed by atoms with Gasteiger partial charge in [0.05, 0.1) is 25.0 Å². The number of ether oxygens (including phenoxy) is 1. The van der Waals surface area contributed by atoms with Gasteiger partial charge in [-0.05, 0) is 83.2 Å². The Labute approximate surface area is 292 Å². The quantitative estimate of drug-likeness (QED) is 0.130. The zero-order chi connectivity index (χ0) is 34.7. The molecule has 0 aliphatic heterocycles. The van der Waals surface area contributed by atoms with Crippen molar-refractivity contribution >= 4 is 24.7 Å². The Bertz CT molecular complexity index is 1770. The molecule has 4 aromatic rings. The van der Waals surface area contributed by atoms with E-state index in [9.17, 15) is 9.90 Å². The minimum atomic E-state index is -2.65. The third-order valence-corrected chi connectivity index (χ3v) is 16.8. The van der Waals surface area contributed by atoms with Gasteiger partial charge >= 0.3 is 5.97 Å². The van der Waals surface area contributed by atoms with Gasteiger partial charge in [-0.3, -0.25) is 4.68 Å². The van der Waals surface area contributed by atoms with E-state index in [1.807, 2.05) is 12.3 Å². The van der Waals surface area contributed by atoms with Crippen molar-refractivity contribution in [2.75, 3.05) is 13.2 Å². The minimum Gasteiger partial charge on any atom is -0.476 e. The van der Waals surface area contributed by atoms with Gasteiger partial charge in [-0.2, -0.15) is 5.10 Å². The minimum absolute atomic E-state index is 0.0513. The number of carboxylic acid groups (broad SMARTS) is 1. The van der Waals surface area contributed by atoms with Crippen molar-refractivity contribution in [3.8, 4) is 11.1 Å². The summed E-state index contributed by atoms with van der Waals surface area (Å²) in [6.07, 6.45) is 10.1. The van der Waals surface area contributed by atoms with Crippen LogP contribution in [0.1, 0.15) is 89.3 Å². The maximum atomic E-state index is 12.0. The zero-order valence-electron chi connectivity index (χ0n) is 30.0. The number of carbonyl (C=O) groups is 1. The summed E-state index contributed by atoms with van der Waals surface area (Å²) < 4.78 is 16.5. The maximum absolute atomic E-state index is 12.0. The van der Waals surface area contributed by atoms with Crippen molar-refractivity contribution in [3.05, 3.63) is 96.6 Å². The Balaban J connectivity index is 1.14. The van der Waals surface area contributed by atoms with E-state index < -0.39 is 14.3 Å². The highest BCUT2D eigenvalue weighted by molar-refractivity contribution is 6.99. The van der Waals surface area contributed by atoms with E-state index in [2.05, 4.69) is 112 Å². The highest BCUT2D eigenvalue weighted by Gasteiger charge is 2.66. The number of benzene rings is 2. The highest BCUT2D eigenvalue weighted by atomic mass is 28.4. The number of carboxylic acids is 1. The average molecular weight is 678 g/mol. The first kappa shape index (κ1) is 33.9. The van der Waals surface area contributed by atoms with Crippen LogP contribution >= 0.6 is 0 Å². The molecule has 2 aromatic carbocycles. The molecule has 0 spiro atoms. The van der Waals surface area contributed by atoms with E-state index in [0.29, 0.717) is 18.8 Å². The summed E-state index contributed by atoms with van der Waals surface area (Å²) in [5.41, 5.74) is 2.75. The van der Waals surface area contributed by atoms with Gasteiger partial charge < -0.3 is 14.3 Å². The fourth-order valence-corrected chi connectivity index (χ4v) is 15.9. The van der Waals surface area contributed by atoms with Crippen molar-refractivity contribution < 1.29 is 19.1 Å². The van der Waals surface area contributed by atoms with Crippen molar-refractivity contribution in [3.63, 3.8) is 0 Å². The molecule has 4 aliphatic carbocycles. The molecular formula is C41H51N3O4Si. The van der Waals surface area contributed by atoms with Gasteiger partial charge in [0.15, 0.2) is 5.69 Å². The van der Waals surface area contributed by atoms with Gasteiger partial charge in [0.25, 0.3) is 8.32 Å². The summed E-state index contributed by atoms with van der Waals surface area (Å²) in [5.74, 6) is -1.03. The maximum Gasteiger partial charge on any atom is 0.355 e. The lowest BCUT2D eigenvalue weighted by Gasteiger charge is -2.69. The molecule has 2 aromatic heterocycles. The predicted octanol–water partition coefficient (Wildman–Crippen LogP) is 7.66. The number of hydrogen-bond donors (Lipinski definition) is 1. The van der Waals surface area contributed by atoms with Crippen molar-refractivity contribution in [1.82, 2.24) is 14.8 Å². The molecule has 4 bridgehead atoms. The number of nitrogens with zero attached hydrogens (tertiary/aromatic N) is 3. The molecule has 0 saturated heterocycles. The SMILES string of the molecule is Cc1c(-c2cccnc2C(=O)O)cnn1CC12CC3(C)CC(C)(C1)CC(OCCO[Si](c1ccccc1)(c1ccccc1)C(C)(C)C)(C3)C2. The Morgan fingerprint density at radius 3 is 2.02 bits per heavy atom. The molecule has 1 N–H and O–H groups in total. The fraction of sp³-hybridized carbons (Fsp3) is 0.488. The number of aromatic nitrogens is 3. The van der Waals surface area contributed by atoms with Crippen LogP contribution < -0.4 is 10.4 Å². The van der Waals surface area contributed by atoms with Crippen LogP contribution in [0.2, 0.25) is 5.04 Å². The molecule has 8 heteroatoms. The van der Waals surface area contributed by atoms with Gasteiger partial charge in [0.1, 0.15) is 0 Å². The van der Waals surface area contributed by atoms with Crippen LogP contribution in [0.4, 0.5) is 0 Å². The predicted molar refractivity (Wildman–Crippen MR) is 196 cm³/mol. The lowest BCUT2D eigenvalue weighted by molar-refractivity contribution is -0.249. The summed E-state index contributed by atoms with van der Waals surface area (Å²) in [6.45, 7) is 15.9. The molecular weight excluding hydrogens is 627 g/mol. The summed E-state index contributed by atoms with van der Waals surface area (Å²) in [7, 11) is -2.65. The van der Waals surface area contributed by atoms with Crippen LogP contribution in [0, 0.1) is 23.2 Å². The number of hydrogen-bond acceptors (Lipinski definition) is 5. The van der Waals surface area contributed by atoms with E-state index in [0.717, 1.165) is 49.9 Å². The Morgan fingerprint density at radius 2 is 1.45 bits per heavy atom. The molecule has 8 rings (SSSR count). The van der Waals surface area contributed by atoms with Gasteiger partial charge in [0, 0.05) is 29.6 Å². The van der Waals surface area contributed by atoms with Crippen LogP contribution in [-0.4, -0.2) is 53.0 Å². The monoisotopic (exact) mass is 677 g/mol. The van der Waals surface area contributed by atoms with E-state index in [1.54, 1.807) is 6.07 Å². The van der Waals surface area contributed by atoms with E-state index in [-0.39, 0.29) is 32.6 Å². The van der Waals surface area contributed by atoms with Crippen LogP contribution in [0.5, 0.6) is 0 Å². The number of rotatable bonds is 11. The molecule has 0 amide bonds. The average Bonchev–Trinajstić information content (AvgIpc) is 3.38. The van der Waals surface area contributed by atoms with E-state index >= 15 is 0 Å². The first-order valence-electron chi connectivity index (χ1n) is 17.8. The zero-order valence-corrected chi connectivity index (χ0v) is 31.0. The Hall–Kier alpha value is -3.59. The molecule has 49 heavy (non-hydrogen) atoms. The van der Waals surface area contributed by atoms with Crippen LogP contribution in [0.25, 0.3) is 11.1 Å². The highest BCUT2D eigenvalue weighted by Crippen LogP contribution is 2.72. The molecule has 4 aliphatic rings. The molecule has 258 valence electrons. The van der Waals surface area contributed by atoms with Crippen molar-refractivity contribution in [1.29, 1.82) is 0 Å². The van der Waals surface area contributed by atoms with Crippen LogP contribution in [-0.2, 0) is 15.7 Å². The summed E-state index contributed by atoms with van der Waals surface area (Å²) >= 11 is 0. The van der Waals surface area contributed by atoms with E-state index in [4.69, 9.17) is 14.3 Å². The van der Waals surface area contributed by atoms with Gasteiger partial charge in [-0.25, -0.2) is 9.78 Å². The molecule has 2 heterocycles. The van der Waals surface area contributed by atoms with E-state index in [1.165, 1.54) is 23.0 Å². The molecule has 2 atom stereocenters. The largest absolute Gasteiger partial charge is 0.476 e. The lowest BCUT2D eigenvalue weighted by atomic mass is 9.39. The molecule has 0 radical (unpaired) electrons. The van der Waals surface area contributed by atoms with Crippen LogP contribution in [0.3, 0.4) is 0 Å². The van der Waals surface area contributed by atoms with Crippen LogP contribution in [0.15, 0.2) is 85.2 Å². The summed E-state index contributed by atoms with van der Waals surface area (Å²) in [5, 5.41) is 17.2. The molecule has 2 unspecified atom stereocenters. The number of pyridine rings is 1. The second-order valence-electron chi connectivity index (χ2n) is 17.2. The smallest absolute Gasteiger partial charge is 0.355 e.